The maximum atomic E-state index is 11.9. The minimum absolute atomic E-state index is 0.258. The largest absolute Gasteiger partial charge is 0.292 e. The molecule has 19 heavy (non-hydrogen) atoms. The summed E-state index contributed by atoms with van der Waals surface area (Å²) >= 11 is 4.92. The van der Waals surface area contributed by atoms with Gasteiger partial charge in [0.15, 0.2) is 5.69 Å². The first kappa shape index (κ1) is 12.6. The van der Waals surface area contributed by atoms with E-state index in [4.69, 9.17) is 0 Å². The minimum atomic E-state index is -0.258. The van der Waals surface area contributed by atoms with E-state index in [0.29, 0.717) is 5.69 Å². The maximum Gasteiger partial charge on any atom is 0.292 e. The average molecular weight is 339 g/mol. The van der Waals surface area contributed by atoms with Crippen molar-refractivity contribution in [2.75, 3.05) is 0 Å². The number of rotatable bonds is 3. The van der Waals surface area contributed by atoms with Crippen LogP contribution in [0.5, 0.6) is 0 Å². The first-order valence-electron chi connectivity index (χ1n) is 5.89. The summed E-state index contributed by atoms with van der Waals surface area (Å²) in [5.41, 5.74) is 5.10. The standard InChI is InChI=1S/C12H11BrN4OS/c13-10-5-4-7(19-10)6-14-17-12(18)11-8-2-1-3-9(8)15-16-11/h4-6H,1-3H2,(H,15,16)(H,17,18). The smallest absolute Gasteiger partial charge is 0.281 e. The number of aryl methyl sites for hydroxylation is 1. The number of fused-ring (bicyclic) bond motifs is 1. The fourth-order valence-corrected chi connectivity index (χ4v) is 3.41. The number of aromatic amines is 1. The van der Waals surface area contributed by atoms with Gasteiger partial charge in [-0.3, -0.25) is 9.89 Å². The molecule has 0 atom stereocenters. The van der Waals surface area contributed by atoms with Crippen LogP contribution in [0.1, 0.15) is 33.0 Å². The quantitative estimate of drug-likeness (QED) is 0.666. The van der Waals surface area contributed by atoms with Gasteiger partial charge in [-0.15, -0.1) is 11.3 Å². The number of thiophene rings is 1. The van der Waals surface area contributed by atoms with E-state index >= 15 is 0 Å². The molecule has 0 aromatic carbocycles. The summed E-state index contributed by atoms with van der Waals surface area (Å²) in [6.07, 6.45) is 4.59. The van der Waals surface area contributed by atoms with Gasteiger partial charge in [-0.1, -0.05) is 0 Å². The van der Waals surface area contributed by atoms with Crippen LogP contribution in [0.2, 0.25) is 0 Å². The summed E-state index contributed by atoms with van der Waals surface area (Å²) in [5, 5.41) is 10.9. The number of nitrogens with zero attached hydrogens (tertiary/aromatic N) is 2. The van der Waals surface area contributed by atoms with Crippen molar-refractivity contribution >= 4 is 39.4 Å². The molecule has 2 N–H and O–H groups in total. The average Bonchev–Trinajstić information content (AvgIpc) is 3.04. The topological polar surface area (TPSA) is 70.1 Å². The molecule has 0 spiro atoms. The zero-order valence-corrected chi connectivity index (χ0v) is 12.3. The molecular weight excluding hydrogens is 328 g/mol. The van der Waals surface area contributed by atoms with Crippen LogP contribution in [0.4, 0.5) is 0 Å². The van der Waals surface area contributed by atoms with Gasteiger partial charge < -0.3 is 0 Å². The summed E-state index contributed by atoms with van der Waals surface area (Å²) in [4.78, 5) is 12.9. The molecule has 2 aromatic heterocycles. The molecule has 98 valence electrons. The Morgan fingerprint density at radius 2 is 2.42 bits per heavy atom. The Hall–Kier alpha value is -1.47. The predicted octanol–water partition coefficient (Wildman–Crippen LogP) is 2.49. The third-order valence-corrected chi connectivity index (χ3v) is 4.53. The van der Waals surface area contributed by atoms with Crippen LogP contribution in [0.25, 0.3) is 0 Å². The zero-order chi connectivity index (χ0) is 13.2. The Labute approximate surface area is 122 Å². The molecule has 0 radical (unpaired) electrons. The minimum Gasteiger partial charge on any atom is -0.281 e. The predicted molar refractivity (Wildman–Crippen MR) is 77.7 cm³/mol. The molecule has 0 bridgehead atoms. The van der Waals surface area contributed by atoms with Gasteiger partial charge >= 0.3 is 0 Å². The van der Waals surface area contributed by atoms with E-state index in [1.54, 1.807) is 17.6 Å². The van der Waals surface area contributed by atoms with Crippen LogP contribution in [-0.2, 0) is 12.8 Å². The van der Waals surface area contributed by atoms with E-state index in [9.17, 15) is 4.79 Å². The second kappa shape index (κ2) is 5.26. The third-order valence-electron chi connectivity index (χ3n) is 2.97. The molecule has 0 aliphatic heterocycles. The number of carbonyl (C=O) groups excluding carboxylic acids is 1. The highest BCUT2D eigenvalue weighted by Gasteiger charge is 2.22. The van der Waals surface area contributed by atoms with Crippen molar-refractivity contribution in [3.63, 3.8) is 0 Å². The van der Waals surface area contributed by atoms with Crippen molar-refractivity contribution < 1.29 is 4.79 Å². The lowest BCUT2D eigenvalue weighted by Gasteiger charge is -1.97. The fraction of sp³-hybridized carbons (Fsp3) is 0.250. The van der Waals surface area contributed by atoms with Crippen molar-refractivity contribution in [1.82, 2.24) is 15.6 Å². The van der Waals surface area contributed by atoms with Gasteiger partial charge in [0.1, 0.15) is 0 Å². The van der Waals surface area contributed by atoms with E-state index in [2.05, 4.69) is 36.7 Å². The van der Waals surface area contributed by atoms with E-state index in [0.717, 1.165) is 39.2 Å². The molecule has 7 heteroatoms. The van der Waals surface area contributed by atoms with Gasteiger partial charge in [0.2, 0.25) is 0 Å². The highest BCUT2D eigenvalue weighted by Crippen LogP contribution is 2.22. The van der Waals surface area contributed by atoms with Gasteiger partial charge in [-0.05, 0) is 47.3 Å². The Morgan fingerprint density at radius 1 is 1.53 bits per heavy atom. The summed E-state index contributed by atoms with van der Waals surface area (Å²) in [5.74, 6) is -0.258. The van der Waals surface area contributed by atoms with Gasteiger partial charge in [-0.2, -0.15) is 10.2 Å². The van der Waals surface area contributed by atoms with Crippen molar-refractivity contribution in [3.8, 4) is 0 Å². The third kappa shape index (κ3) is 2.62. The van der Waals surface area contributed by atoms with E-state index in [-0.39, 0.29) is 5.91 Å². The van der Waals surface area contributed by atoms with Crippen molar-refractivity contribution in [3.05, 3.63) is 37.7 Å². The molecular formula is C12H11BrN4OS. The van der Waals surface area contributed by atoms with Crippen LogP contribution < -0.4 is 5.43 Å². The van der Waals surface area contributed by atoms with Crippen LogP contribution in [0.3, 0.4) is 0 Å². The lowest BCUT2D eigenvalue weighted by Crippen LogP contribution is -2.19. The fourth-order valence-electron chi connectivity index (χ4n) is 2.11. The summed E-state index contributed by atoms with van der Waals surface area (Å²) in [6.45, 7) is 0. The summed E-state index contributed by atoms with van der Waals surface area (Å²) < 4.78 is 1.03. The molecule has 5 nitrogen and oxygen atoms in total. The summed E-state index contributed by atoms with van der Waals surface area (Å²) in [6, 6.07) is 3.87. The summed E-state index contributed by atoms with van der Waals surface area (Å²) in [7, 11) is 0. The number of nitrogens with one attached hydrogen (secondary N) is 2. The molecule has 1 aliphatic rings. The number of hydrogen-bond acceptors (Lipinski definition) is 4. The number of carbonyl (C=O) groups is 1. The van der Waals surface area contributed by atoms with Crippen LogP contribution in [-0.4, -0.2) is 22.3 Å². The van der Waals surface area contributed by atoms with Crippen molar-refractivity contribution in [2.45, 2.75) is 19.3 Å². The number of aromatic nitrogens is 2. The number of hydrogen-bond donors (Lipinski definition) is 2. The Kier molecular flexibility index (Phi) is 3.48. The van der Waals surface area contributed by atoms with Crippen LogP contribution >= 0.6 is 27.3 Å². The number of amides is 1. The van der Waals surface area contributed by atoms with Crippen molar-refractivity contribution in [2.24, 2.45) is 5.10 Å². The molecule has 0 saturated heterocycles. The Bertz CT molecular complexity index is 646. The Morgan fingerprint density at radius 3 is 3.21 bits per heavy atom. The highest BCUT2D eigenvalue weighted by molar-refractivity contribution is 9.11. The van der Waals surface area contributed by atoms with E-state index < -0.39 is 0 Å². The second-order valence-corrected chi connectivity index (χ2v) is 6.72. The number of halogens is 1. The van der Waals surface area contributed by atoms with Crippen molar-refractivity contribution in [1.29, 1.82) is 0 Å². The zero-order valence-electron chi connectivity index (χ0n) is 9.94. The first-order chi connectivity index (χ1) is 9.24. The molecule has 0 saturated carbocycles. The van der Waals surface area contributed by atoms with Gasteiger partial charge in [0, 0.05) is 16.1 Å². The lowest BCUT2D eigenvalue weighted by molar-refractivity contribution is 0.0949. The molecule has 2 aromatic rings. The molecule has 2 heterocycles. The van der Waals surface area contributed by atoms with Gasteiger partial charge in [0.05, 0.1) is 10.0 Å². The van der Waals surface area contributed by atoms with E-state index in [1.165, 1.54) is 0 Å². The normalized spacial score (nSPS) is 13.9. The Balaban J connectivity index is 1.67. The monoisotopic (exact) mass is 338 g/mol. The number of hydrazone groups is 1. The number of H-pyrrole nitrogens is 1. The molecule has 3 rings (SSSR count). The SMILES string of the molecule is O=C(NN=Cc1ccc(Br)s1)c1n[nH]c2c1CCC2. The molecule has 0 fully saturated rings. The molecule has 0 unspecified atom stereocenters. The van der Waals surface area contributed by atoms with Gasteiger partial charge in [-0.25, -0.2) is 5.43 Å². The highest BCUT2D eigenvalue weighted by atomic mass is 79.9. The second-order valence-electron chi connectivity index (χ2n) is 4.22. The van der Waals surface area contributed by atoms with Crippen LogP contribution in [0.15, 0.2) is 21.0 Å². The first-order valence-corrected chi connectivity index (χ1v) is 7.50. The molecule has 1 aliphatic carbocycles. The van der Waals surface area contributed by atoms with Crippen LogP contribution in [0, 0.1) is 0 Å². The molecule has 1 amide bonds. The lowest BCUT2D eigenvalue weighted by atomic mass is 10.2. The van der Waals surface area contributed by atoms with Gasteiger partial charge in [0.25, 0.3) is 5.91 Å². The maximum absolute atomic E-state index is 11.9. The van der Waals surface area contributed by atoms with E-state index in [1.807, 2.05) is 12.1 Å².